The summed E-state index contributed by atoms with van der Waals surface area (Å²) in [5.74, 6) is -1.61. The van der Waals surface area contributed by atoms with Crippen LogP contribution in [0.1, 0.15) is 25.0 Å². The maximum atomic E-state index is 11.9. The molecule has 0 unspecified atom stereocenters. The van der Waals surface area contributed by atoms with Crippen molar-refractivity contribution in [3.05, 3.63) is 64.3 Å². The monoisotopic (exact) mass is 401 g/mol. The van der Waals surface area contributed by atoms with Crippen LogP contribution in [0.5, 0.6) is 11.5 Å². The fourth-order valence-corrected chi connectivity index (χ4v) is 2.73. The zero-order valence-electron chi connectivity index (χ0n) is 16.0. The Bertz CT molecular complexity index is 959. The Balaban J connectivity index is 1.73. The van der Waals surface area contributed by atoms with Gasteiger partial charge in [-0.05, 0) is 55.3 Å². The van der Waals surface area contributed by atoms with Gasteiger partial charge in [0.05, 0.1) is 5.02 Å². The number of benzene rings is 2. The highest BCUT2D eigenvalue weighted by atomic mass is 35.5. The molecule has 2 aromatic rings. The molecule has 0 radical (unpaired) electrons. The SMILES string of the molecule is Cc1ccc(Oc2ccc(NC=C3C(=O)OC(C)(C)OC3=O)cc2Cl)cc1C. The van der Waals surface area contributed by atoms with Crippen LogP contribution in [0.25, 0.3) is 0 Å². The number of cyclic esters (lactones) is 2. The van der Waals surface area contributed by atoms with Crippen LogP contribution in [0, 0.1) is 13.8 Å². The van der Waals surface area contributed by atoms with Gasteiger partial charge in [0.2, 0.25) is 0 Å². The standard InChI is InChI=1S/C21H20ClNO5/c1-12-5-7-15(9-13(12)2)26-18-8-6-14(10-17(18)22)23-11-16-19(24)27-21(3,4)28-20(16)25/h5-11,23H,1-4H3. The molecule has 1 aliphatic rings. The van der Waals surface area contributed by atoms with E-state index in [-0.39, 0.29) is 5.57 Å². The van der Waals surface area contributed by atoms with Crippen LogP contribution in [0.2, 0.25) is 5.02 Å². The molecule has 1 aliphatic heterocycles. The van der Waals surface area contributed by atoms with Crippen LogP contribution in [0.15, 0.2) is 48.2 Å². The van der Waals surface area contributed by atoms with Gasteiger partial charge in [-0.25, -0.2) is 9.59 Å². The van der Waals surface area contributed by atoms with Crippen molar-refractivity contribution >= 4 is 29.2 Å². The lowest BCUT2D eigenvalue weighted by Gasteiger charge is -2.29. The summed E-state index contributed by atoms with van der Waals surface area (Å²) >= 11 is 6.30. The number of aryl methyl sites for hydroxylation is 2. The first-order valence-electron chi connectivity index (χ1n) is 8.63. The van der Waals surface area contributed by atoms with Crippen molar-refractivity contribution in [1.29, 1.82) is 0 Å². The number of hydrogen-bond acceptors (Lipinski definition) is 6. The molecule has 146 valence electrons. The molecule has 0 aromatic heterocycles. The third kappa shape index (κ3) is 4.46. The number of carbonyl (C=O) groups excluding carboxylic acids is 2. The Hall–Kier alpha value is -2.99. The lowest BCUT2D eigenvalue weighted by Crippen LogP contribution is -2.42. The van der Waals surface area contributed by atoms with Crippen LogP contribution in [0.4, 0.5) is 5.69 Å². The van der Waals surface area contributed by atoms with Gasteiger partial charge in [-0.1, -0.05) is 17.7 Å². The van der Waals surface area contributed by atoms with Crippen molar-refractivity contribution in [1.82, 2.24) is 0 Å². The van der Waals surface area contributed by atoms with Gasteiger partial charge in [-0.2, -0.15) is 0 Å². The predicted molar refractivity (Wildman–Crippen MR) is 105 cm³/mol. The fraction of sp³-hybridized carbons (Fsp3) is 0.238. The summed E-state index contributed by atoms with van der Waals surface area (Å²) in [4.78, 5) is 23.9. The molecular formula is C21H20ClNO5. The van der Waals surface area contributed by atoms with E-state index in [1.54, 1.807) is 18.2 Å². The van der Waals surface area contributed by atoms with Crippen LogP contribution in [0.3, 0.4) is 0 Å². The molecule has 0 atom stereocenters. The van der Waals surface area contributed by atoms with E-state index in [0.717, 1.165) is 5.56 Å². The lowest BCUT2D eigenvalue weighted by atomic mass is 10.1. The number of hydrogen-bond donors (Lipinski definition) is 1. The van der Waals surface area contributed by atoms with E-state index < -0.39 is 17.7 Å². The Kier molecular flexibility index (Phi) is 5.34. The third-order valence-electron chi connectivity index (χ3n) is 4.14. The molecule has 7 heteroatoms. The first-order valence-corrected chi connectivity index (χ1v) is 9.00. The summed E-state index contributed by atoms with van der Waals surface area (Å²) in [5.41, 5.74) is 2.63. The van der Waals surface area contributed by atoms with E-state index >= 15 is 0 Å². The van der Waals surface area contributed by atoms with E-state index in [9.17, 15) is 9.59 Å². The molecule has 0 saturated carbocycles. The number of esters is 2. The van der Waals surface area contributed by atoms with Crippen molar-refractivity contribution in [3.63, 3.8) is 0 Å². The molecule has 28 heavy (non-hydrogen) atoms. The number of nitrogens with one attached hydrogen (secondary N) is 1. The van der Waals surface area contributed by atoms with Crippen molar-refractivity contribution in [2.24, 2.45) is 0 Å². The molecule has 1 saturated heterocycles. The molecule has 3 rings (SSSR count). The molecule has 0 aliphatic carbocycles. The van der Waals surface area contributed by atoms with Gasteiger partial charge < -0.3 is 19.5 Å². The summed E-state index contributed by atoms with van der Waals surface area (Å²) in [6.45, 7) is 7.01. The van der Waals surface area contributed by atoms with E-state index in [1.165, 1.54) is 25.6 Å². The van der Waals surface area contributed by atoms with E-state index in [1.807, 2.05) is 32.0 Å². The Morgan fingerprint density at radius 2 is 1.68 bits per heavy atom. The summed E-state index contributed by atoms with van der Waals surface area (Å²) in [5, 5.41) is 3.22. The van der Waals surface area contributed by atoms with Gasteiger partial charge in [0, 0.05) is 25.7 Å². The summed E-state index contributed by atoms with van der Waals surface area (Å²) in [7, 11) is 0. The number of carbonyl (C=O) groups is 2. The van der Waals surface area contributed by atoms with E-state index in [2.05, 4.69) is 5.32 Å². The van der Waals surface area contributed by atoms with Crippen LogP contribution >= 0.6 is 11.6 Å². The zero-order chi connectivity index (χ0) is 20.5. The van der Waals surface area contributed by atoms with Gasteiger partial charge in [-0.3, -0.25) is 0 Å². The molecule has 1 N–H and O–H groups in total. The molecule has 2 aromatic carbocycles. The van der Waals surface area contributed by atoms with Crippen molar-refractivity contribution in [2.75, 3.05) is 5.32 Å². The molecular weight excluding hydrogens is 382 g/mol. The normalized spacial score (nSPS) is 15.5. The van der Waals surface area contributed by atoms with Crippen LogP contribution in [-0.4, -0.2) is 17.7 Å². The topological polar surface area (TPSA) is 73.9 Å². The maximum absolute atomic E-state index is 11.9. The molecule has 0 amide bonds. The number of rotatable bonds is 4. The van der Waals surface area contributed by atoms with Gasteiger partial charge in [0.15, 0.2) is 5.57 Å². The van der Waals surface area contributed by atoms with Gasteiger partial charge in [0.25, 0.3) is 5.79 Å². The highest BCUT2D eigenvalue weighted by molar-refractivity contribution is 6.32. The molecule has 1 fully saturated rings. The molecule has 6 nitrogen and oxygen atoms in total. The van der Waals surface area contributed by atoms with Crippen molar-refractivity contribution in [3.8, 4) is 11.5 Å². The first kappa shape index (κ1) is 19.8. The van der Waals surface area contributed by atoms with Gasteiger partial charge in [-0.15, -0.1) is 0 Å². The minimum absolute atomic E-state index is 0.231. The number of ether oxygens (including phenoxy) is 3. The minimum atomic E-state index is -1.28. The summed E-state index contributed by atoms with van der Waals surface area (Å²) < 4.78 is 15.9. The second kappa shape index (κ2) is 7.56. The Morgan fingerprint density at radius 3 is 2.29 bits per heavy atom. The minimum Gasteiger partial charge on any atom is -0.456 e. The van der Waals surface area contributed by atoms with Gasteiger partial charge in [0.1, 0.15) is 11.5 Å². The highest BCUT2D eigenvalue weighted by Crippen LogP contribution is 2.32. The van der Waals surface area contributed by atoms with E-state index in [0.29, 0.717) is 22.2 Å². The molecule has 0 bridgehead atoms. The second-order valence-corrected chi connectivity index (χ2v) is 7.28. The van der Waals surface area contributed by atoms with Crippen LogP contribution < -0.4 is 10.1 Å². The fourth-order valence-electron chi connectivity index (χ4n) is 2.51. The third-order valence-corrected chi connectivity index (χ3v) is 4.43. The maximum Gasteiger partial charge on any atom is 0.350 e. The second-order valence-electron chi connectivity index (χ2n) is 6.87. The smallest absolute Gasteiger partial charge is 0.350 e. The van der Waals surface area contributed by atoms with Crippen molar-refractivity contribution in [2.45, 2.75) is 33.5 Å². The van der Waals surface area contributed by atoms with E-state index in [4.69, 9.17) is 25.8 Å². The average Bonchev–Trinajstić information content (AvgIpc) is 2.58. The Labute approximate surface area is 168 Å². The lowest BCUT2D eigenvalue weighted by molar-refractivity contribution is -0.222. The summed E-state index contributed by atoms with van der Waals surface area (Å²) in [6, 6.07) is 10.8. The van der Waals surface area contributed by atoms with Gasteiger partial charge >= 0.3 is 11.9 Å². The zero-order valence-corrected chi connectivity index (χ0v) is 16.7. The quantitative estimate of drug-likeness (QED) is 0.447. The van der Waals surface area contributed by atoms with Crippen molar-refractivity contribution < 1.29 is 23.8 Å². The number of halogens is 1. The number of anilines is 1. The highest BCUT2D eigenvalue weighted by Gasteiger charge is 2.38. The largest absolute Gasteiger partial charge is 0.456 e. The summed E-state index contributed by atoms with van der Waals surface area (Å²) in [6.07, 6.45) is 1.23. The van der Waals surface area contributed by atoms with Crippen LogP contribution in [-0.2, 0) is 19.1 Å². The average molecular weight is 402 g/mol. The predicted octanol–water partition coefficient (Wildman–Crippen LogP) is 4.88. The molecule has 0 spiro atoms. The Morgan fingerprint density at radius 1 is 1.00 bits per heavy atom. The molecule has 1 heterocycles. The first-order chi connectivity index (χ1) is 13.1.